The fourth-order valence-corrected chi connectivity index (χ4v) is 3.96. The van der Waals surface area contributed by atoms with Crippen LogP contribution in [0.5, 0.6) is 0 Å². The topological polar surface area (TPSA) is 111 Å². The number of rotatable bonds is 8. The Kier molecular flexibility index (Phi) is 9.41. The maximum absolute atomic E-state index is 11.8. The van der Waals surface area contributed by atoms with Gasteiger partial charge in [0, 0.05) is 51.4 Å². The molecule has 2 aliphatic heterocycles. The normalized spacial score (nSPS) is 19.1. The van der Waals surface area contributed by atoms with Crippen LogP contribution in [-0.2, 0) is 9.53 Å². The Labute approximate surface area is 201 Å². The lowest BCUT2D eigenvalue weighted by molar-refractivity contribution is -0.127. The number of urea groups is 1. The van der Waals surface area contributed by atoms with E-state index in [1.54, 1.807) is 26.0 Å². The molecule has 2 aliphatic rings. The van der Waals surface area contributed by atoms with Crippen molar-refractivity contribution in [1.29, 1.82) is 0 Å². The number of nitrogens with one attached hydrogen (secondary N) is 3. The Morgan fingerprint density at radius 1 is 1.21 bits per heavy atom. The summed E-state index contributed by atoms with van der Waals surface area (Å²) in [5.41, 5.74) is 1.63. The van der Waals surface area contributed by atoms with Gasteiger partial charge >= 0.3 is 6.03 Å². The number of ether oxygens (including phenoxy) is 1. The minimum atomic E-state index is -0.257. The third-order valence-corrected chi connectivity index (χ3v) is 6.19. The van der Waals surface area contributed by atoms with Crippen molar-refractivity contribution in [1.82, 2.24) is 20.4 Å². The first-order valence-electron chi connectivity index (χ1n) is 11.8. The van der Waals surface area contributed by atoms with Gasteiger partial charge in [-0.25, -0.2) is 9.79 Å². The Morgan fingerprint density at radius 3 is 2.56 bits per heavy atom. The van der Waals surface area contributed by atoms with Crippen molar-refractivity contribution >= 4 is 29.3 Å². The maximum Gasteiger partial charge on any atom is 0.318 e. The van der Waals surface area contributed by atoms with Gasteiger partial charge in [-0.3, -0.25) is 9.79 Å². The SMILES string of the molecule is CNC(=O)Nc1ccc(C2=NC[C@H](C(C)CCNCC(=O)N(C)C)C(N3CCOCC3)=N2)cc1. The number of hydrogen-bond donors (Lipinski definition) is 3. The second kappa shape index (κ2) is 12.5. The Bertz CT molecular complexity index is 892. The molecule has 1 fully saturated rings. The van der Waals surface area contributed by atoms with Gasteiger partial charge in [0.15, 0.2) is 5.84 Å². The van der Waals surface area contributed by atoms with Gasteiger partial charge in [-0.1, -0.05) is 6.92 Å². The van der Waals surface area contributed by atoms with Crippen molar-refractivity contribution < 1.29 is 14.3 Å². The van der Waals surface area contributed by atoms with Gasteiger partial charge in [-0.15, -0.1) is 0 Å². The molecule has 2 heterocycles. The molecule has 1 unspecified atom stereocenters. The molecule has 3 rings (SSSR count). The zero-order valence-corrected chi connectivity index (χ0v) is 20.6. The minimum absolute atomic E-state index is 0.0756. The van der Waals surface area contributed by atoms with Gasteiger partial charge in [0.25, 0.3) is 0 Å². The second-order valence-electron chi connectivity index (χ2n) is 8.85. The number of amides is 3. The lowest BCUT2D eigenvalue weighted by atomic mass is 9.88. The fourth-order valence-electron chi connectivity index (χ4n) is 3.96. The van der Waals surface area contributed by atoms with Crippen LogP contribution in [0.1, 0.15) is 18.9 Å². The van der Waals surface area contributed by atoms with Crippen LogP contribution in [0.15, 0.2) is 34.3 Å². The first-order valence-corrected chi connectivity index (χ1v) is 11.8. The predicted octanol–water partition coefficient (Wildman–Crippen LogP) is 1.25. The first kappa shape index (κ1) is 25.6. The van der Waals surface area contributed by atoms with E-state index in [1.807, 2.05) is 24.3 Å². The largest absolute Gasteiger partial charge is 0.378 e. The summed E-state index contributed by atoms with van der Waals surface area (Å²) in [5, 5.41) is 8.56. The van der Waals surface area contributed by atoms with Crippen molar-refractivity contribution in [2.24, 2.45) is 21.8 Å². The average molecular weight is 472 g/mol. The number of morpholine rings is 1. The summed E-state index contributed by atoms with van der Waals surface area (Å²) in [7, 11) is 5.11. The van der Waals surface area contributed by atoms with Crippen molar-refractivity contribution in [2.75, 3.05) is 72.4 Å². The van der Waals surface area contributed by atoms with Crippen molar-refractivity contribution in [3.63, 3.8) is 0 Å². The lowest BCUT2D eigenvalue weighted by Crippen LogP contribution is -2.48. The summed E-state index contributed by atoms with van der Waals surface area (Å²) in [6, 6.07) is 7.31. The third-order valence-electron chi connectivity index (χ3n) is 6.19. The molecular weight excluding hydrogens is 434 g/mol. The standard InChI is InChI=1S/C24H37N7O3/c1-17(9-10-26-16-21(32)30(3)4)20-15-27-22(29-23(20)31-11-13-34-14-12-31)18-5-7-19(8-6-18)28-24(33)25-2/h5-8,17,20,26H,9-16H2,1-4H3,(H2,25,28,33)/t17?,20-/m1/s1. The van der Waals surface area contributed by atoms with Gasteiger partial charge < -0.3 is 30.5 Å². The number of nitrogens with zero attached hydrogens (tertiary/aromatic N) is 4. The van der Waals surface area contributed by atoms with Gasteiger partial charge in [-0.05, 0) is 43.1 Å². The van der Waals surface area contributed by atoms with Gasteiger partial charge in [-0.2, -0.15) is 0 Å². The molecule has 0 spiro atoms. The molecule has 1 saturated heterocycles. The van der Waals surface area contributed by atoms with E-state index in [0.29, 0.717) is 43.7 Å². The van der Waals surface area contributed by atoms with Gasteiger partial charge in [0.2, 0.25) is 5.91 Å². The molecule has 0 saturated carbocycles. The van der Waals surface area contributed by atoms with E-state index in [9.17, 15) is 9.59 Å². The number of aliphatic imine (C=N–C) groups is 2. The number of benzene rings is 1. The molecule has 10 heteroatoms. The summed E-state index contributed by atoms with van der Waals surface area (Å²) in [6.45, 7) is 7.05. The molecule has 0 bridgehead atoms. The van der Waals surface area contributed by atoms with Crippen LogP contribution in [0.25, 0.3) is 0 Å². The molecule has 0 radical (unpaired) electrons. The summed E-state index contributed by atoms with van der Waals surface area (Å²) < 4.78 is 5.56. The van der Waals surface area contributed by atoms with E-state index in [-0.39, 0.29) is 17.9 Å². The third kappa shape index (κ3) is 7.01. The van der Waals surface area contributed by atoms with Crippen molar-refractivity contribution in [3.8, 4) is 0 Å². The van der Waals surface area contributed by atoms with Crippen LogP contribution in [0.2, 0.25) is 0 Å². The Morgan fingerprint density at radius 2 is 1.91 bits per heavy atom. The maximum atomic E-state index is 11.8. The highest BCUT2D eigenvalue weighted by Crippen LogP contribution is 2.25. The van der Waals surface area contributed by atoms with E-state index < -0.39 is 0 Å². The first-order chi connectivity index (χ1) is 16.4. The van der Waals surface area contributed by atoms with Crippen LogP contribution < -0.4 is 16.0 Å². The fraction of sp³-hybridized carbons (Fsp3) is 0.583. The molecular formula is C24H37N7O3. The van der Waals surface area contributed by atoms with Crippen LogP contribution in [0.4, 0.5) is 10.5 Å². The molecule has 3 N–H and O–H groups in total. The molecule has 10 nitrogen and oxygen atoms in total. The number of likely N-dealkylation sites (N-methyl/N-ethyl adjacent to an activating group) is 1. The van der Waals surface area contributed by atoms with E-state index in [1.165, 1.54) is 0 Å². The number of amidine groups is 2. The molecule has 186 valence electrons. The van der Waals surface area contributed by atoms with Crippen LogP contribution in [-0.4, -0.2) is 100 Å². The molecule has 1 aromatic carbocycles. The number of carbonyl (C=O) groups is 2. The summed E-state index contributed by atoms with van der Waals surface area (Å²) in [5.74, 6) is 2.42. The Hall–Kier alpha value is -2.98. The van der Waals surface area contributed by atoms with E-state index in [0.717, 1.165) is 37.5 Å². The summed E-state index contributed by atoms with van der Waals surface area (Å²) in [4.78, 5) is 37.1. The van der Waals surface area contributed by atoms with E-state index in [4.69, 9.17) is 14.7 Å². The Balaban J connectivity index is 1.69. The smallest absolute Gasteiger partial charge is 0.318 e. The van der Waals surface area contributed by atoms with Crippen molar-refractivity contribution in [3.05, 3.63) is 29.8 Å². The average Bonchev–Trinajstić information content (AvgIpc) is 2.86. The van der Waals surface area contributed by atoms with E-state index >= 15 is 0 Å². The highest BCUT2D eigenvalue weighted by molar-refractivity contribution is 6.08. The zero-order chi connectivity index (χ0) is 24.5. The molecule has 34 heavy (non-hydrogen) atoms. The van der Waals surface area contributed by atoms with Crippen LogP contribution in [0.3, 0.4) is 0 Å². The number of hydrogen-bond acceptors (Lipinski definition) is 7. The summed E-state index contributed by atoms with van der Waals surface area (Å²) in [6.07, 6.45) is 0.930. The van der Waals surface area contributed by atoms with Gasteiger partial charge in [0.1, 0.15) is 5.84 Å². The van der Waals surface area contributed by atoms with Crippen LogP contribution in [0, 0.1) is 11.8 Å². The second-order valence-corrected chi connectivity index (χ2v) is 8.85. The highest BCUT2D eigenvalue weighted by atomic mass is 16.5. The minimum Gasteiger partial charge on any atom is -0.378 e. The molecule has 0 aliphatic carbocycles. The predicted molar refractivity (Wildman–Crippen MR) is 135 cm³/mol. The molecule has 2 atom stereocenters. The lowest BCUT2D eigenvalue weighted by Gasteiger charge is -2.37. The van der Waals surface area contributed by atoms with Gasteiger partial charge in [0.05, 0.1) is 26.3 Å². The zero-order valence-electron chi connectivity index (χ0n) is 20.6. The number of carbonyl (C=O) groups excluding carboxylic acids is 2. The van der Waals surface area contributed by atoms with E-state index in [2.05, 4.69) is 27.8 Å². The molecule has 1 aromatic rings. The monoisotopic (exact) mass is 471 g/mol. The molecule has 0 aromatic heterocycles. The summed E-state index contributed by atoms with van der Waals surface area (Å²) >= 11 is 0. The highest BCUT2D eigenvalue weighted by Gasteiger charge is 2.31. The quantitative estimate of drug-likeness (QED) is 0.494. The molecule has 3 amide bonds. The van der Waals surface area contributed by atoms with Crippen LogP contribution >= 0.6 is 0 Å². The van der Waals surface area contributed by atoms with Crippen molar-refractivity contribution in [2.45, 2.75) is 13.3 Å². The number of anilines is 1.